The zero-order valence-electron chi connectivity index (χ0n) is 15.3. The molecule has 0 aromatic carbocycles. The third-order valence-electron chi connectivity index (χ3n) is 4.46. The van der Waals surface area contributed by atoms with E-state index in [0.29, 0.717) is 38.4 Å². The monoisotopic (exact) mass is 394 g/mol. The summed E-state index contributed by atoms with van der Waals surface area (Å²) in [4.78, 5) is 13.1. The molecular formula is C19H21F3N4S. The molecule has 1 fully saturated rings. The SMILES string of the molecule is Cc1cc(C)nc(CC(=S)N2CCN(c3cccc(C(F)(F)F)n3)CC2)c1. The van der Waals surface area contributed by atoms with Gasteiger partial charge in [-0.25, -0.2) is 4.98 Å². The Bertz CT molecular complexity index is 810. The second-order valence-electron chi connectivity index (χ2n) is 6.70. The van der Waals surface area contributed by atoms with Gasteiger partial charge < -0.3 is 9.80 Å². The molecule has 8 heteroatoms. The molecule has 1 aliphatic rings. The Labute approximate surface area is 162 Å². The number of thiocarbonyl (C=S) groups is 1. The van der Waals surface area contributed by atoms with Crippen molar-refractivity contribution in [1.82, 2.24) is 14.9 Å². The largest absolute Gasteiger partial charge is 0.433 e. The van der Waals surface area contributed by atoms with Crippen LogP contribution >= 0.6 is 12.2 Å². The molecule has 2 aromatic rings. The van der Waals surface area contributed by atoms with E-state index in [9.17, 15) is 13.2 Å². The van der Waals surface area contributed by atoms with E-state index in [1.54, 1.807) is 6.07 Å². The summed E-state index contributed by atoms with van der Waals surface area (Å²) in [5, 5.41) is 0. The summed E-state index contributed by atoms with van der Waals surface area (Å²) in [6, 6.07) is 8.05. The maximum Gasteiger partial charge on any atom is 0.433 e. The van der Waals surface area contributed by atoms with E-state index in [1.165, 1.54) is 6.07 Å². The molecule has 0 atom stereocenters. The lowest BCUT2D eigenvalue weighted by molar-refractivity contribution is -0.141. The number of pyridine rings is 2. The van der Waals surface area contributed by atoms with E-state index in [4.69, 9.17) is 12.2 Å². The zero-order valence-corrected chi connectivity index (χ0v) is 16.1. The van der Waals surface area contributed by atoms with Crippen molar-refractivity contribution < 1.29 is 13.2 Å². The van der Waals surface area contributed by atoms with Gasteiger partial charge in [-0.15, -0.1) is 0 Å². The van der Waals surface area contributed by atoms with Crippen LogP contribution in [-0.2, 0) is 12.6 Å². The summed E-state index contributed by atoms with van der Waals surface area (Å²) in [6.45, 7) is 6.45. The lowest BCUT2D eigenvalue weighted by Gasteiger charge is -2.37. The average molecular weight is 394 g/mol. The molecule has 0 amide bonds. The molecule has 144 valence electrons. The van der Waals surface area contributed by atoms with Crippen molar-refractivity contribution >= 4 is 23.0 Å². The summed E-state index contributed by atoms with van der Waals surface area (Å²) in [7, 11) is 0. The van der Waals surface area contributed by atoms with Crippen molar-refractivity contribution in [3.8, 4) is 0 Å². The van der Waals surface area contributed by atoms with Gasteiger partial charge in [0.2, 0.25) is 0 Å². The molecule has 1 aliphatic heterocycles. The van der Waals surface area contributed by atoms with Gasteiger partial charge >= 0.3 is 6.18 Å². The summed E-state index contributed by atoms with van der Waals surface area (Å²) >= 11 is 5.57. The van der Waals surface area contributed by atoms with Crippen molar-refractivity contribution in [3.05, 3.63) is 53.0 Å². The van der Waals surface area contributed by atoms with Gasteiger partial charge in [0.1, 0.15) is 11.5 Å². The molecule has 2 aromatic heterocycles. The number of halogens is 3. The molecule has 0 N–H and O–H groups in total. The van der Waals surface area contributed by atoms with E-state index in [1.807, 2.05) is 30.9 Å². The summed E-state index contributed by atoms with van der Waals surface area (Å²) in [5.74, 6) is 0.353. The molecule has 27 heavy (non-hydrogen) atoms. The van der Waals surface area contributed by atoms with Crippen molar-refractivity contribution in [2.45, 2.75) is 26.4 Å². The highest BCUT2D eigenvalue weighted by molar-refractivity contribution is 7.80. The fourth-order valence-corrected chi connectivity index (χ4v) is 3.56. The first-order chi connectivity index (χ1) is 12.7. The Morgan fingerprint density at radius 1 is 1.07 bits per heavy atom. The molecular weight excluding hydrogens is 373 g/mol. The highest BCUT2D eigenvalue weighted by Crippen LogP contribution is 2.29. The maximum atomic E-state index is 12.9. The third-order valence-corrected chi connectivity index (χ3v) is 4.87. The number of rotatable bonds is 3. The van der Waals surface area contributed by atoms with Gasteiger partial charge in [0.25, 0.3) is 0 Å². The van der Waals surface area contributed by atoms with E-state index in [-0.39, 0.29) is 0 Å². The predicted molar refractivity (Wildman–Crippen MR) is 103 cm³/mol. The summed E-state index contributed by atoms with van der Waals surface area (Å²) < 4.78 is 38.6. The van der Waals surface area contributed by atoms with Gasteiger partial charge in [-0.05, 0) is 43.7 Å². The number of hydrogen-bond acceptors (Lipinski definition) is 4. The number of aromatic nitrogens is 2. The summed E-state index contributed by atoms with van der Waals surface area (Å²) in [5.41, 5.74) is 2.20. The lowest BCUT2D eigenvalue weighted by Crippen LogP contribution is -2.49. The fraction of sp³-hybridized carbons (Fsp3) is 0.421. The number of hydrogen-bond donors (Lipinski definition) is 0. The Kier molecular flexibility index (Phi) is 5.64. The van der Waals surface area contributed by atoms with E-state index in [2.05, 4.69) is 14.9 Å². The molecule has 0 unspecified atom stereocenters. The molecule has 0 bridgehead atoms. The van der Waals surface area contributed by atoms with Crippen molar-refractivity contribution in [1.29, 1.82) is 0 Å². The van der Waals surface area contributed by atoms with Crippen molar-refractivity contribution in [3.63, 3.8) is 0 Å². The lowest BCUT2D eigenvalue weighted by atomic mass is 10.1. The Hall–Kier alpha value is -2.22. The van der Waals surface area contributed by atoms with Crippen LogP contribution in [0.1, 0.15) is 22.6 Å². The Morgan fingerprint density at radius 3 is 2.41 bits per heavy atom. The van der Waals surface area contributed by atoms with Gasteiger partial charge in [-0.1, -0.05) is 18.3 Å². The number of piperazine rings is 1. The first kappa shape index (κ1) is 19.5. The molecule has 0 radical (unpaired) electrons. The van der Waals surface area contributed by atoms with Crippen LogP contribution in [-0.4, -0.2) is 46.0 Å². The van der Waals surface area contributed by atoms with Crippen LogP contribution in [0.2, 0.25) is 0 Å². The molecule has 3 heterocycles. The van der Waals surface area contributed by atoms with E-state index in [0.717, 1.165) is 28.0 Å². The second kappa shape index (κ2) is 7.80. The molecule has 4 nitrogen and oxygen atoms in total. The van der Waals surface area contributed by atoms with Crippen LogP contribution in [0.15, 0.2) is 30.3 Å². The Balaban J connectivity index is 1.61. The number of anilines is 1. The zero-order chi connectivity index (χ0) is 19.6. The average Bonchev–Trinajstić information content (AvgIpc) is 2.60. The number of alkyl halides is 3. The van der Waals surface area contributed by atoms with Crippen LogP contribution in [0.25, 0.3) is 0 Å². The van der Waals surface area contributed by atoms with E-state index >= 15 is 0 Å². The van der Waals surface area contributed by atoms with Crippen molar-refractivity contribution in [2.75, 3.05) is 31.1 Å². The molecule has 3 rings (SSSR count). The standard InChI is InChI=1S/C19H21F3N4S/c1-13-10-14(2)23-15(11-13)12-18(27)26-8-6-25(7-9-26)17-5-3-4-16(24-17)19(20,21)22/h3-5,10-11H,6-9,12H2,1-2H3. The quantitative estimate of drug-likeness (QED) is 0.740. The highest BCUT2D eigenvalue weighted by Gasteiger charge is 2.33. The fourth-order valence-electron chi connectivity index (χ4n) is 3.22. The molecule has 0 aliphatic carbocycles. The van der Waals surface area contributed by atoms with E-state index < -0.39 is 11.9 Å². The van der Waals surface area contributed by atoms with Crippen molar-refractivity contribution in [2.24, 2.45) is 0 Å². The molecule has 0 saturated carbocycles. The van der Waals surface area contributed by atoms with Gasteiger partial charge in [0.05, 0.1) is 4.99 Å². The van der Waals surface area contributed by atoms with Gasteiger partial charge in [-0.3, -0.25) is 4.98 Å². The minimum Gasteiger partial charge on any atom is -0.362 e. The Morgan fingerprint density at radius 2 is 1.78 bits per heavy atom. The highest BCUT2D eigenvalue weighted by atomic mass is 32.1. The summed E-state index contributed by atoms with van der Waals surface area (Å²) in [6.07, 6.45) is -3.84. The predicted octanol–water partition coefficient (Wildman–Crippen LogP) is 3.80. The van der Waals surface area contributed by atoms with Crippen LogP contribution < -0.4 is 4.90 Å². The van der Waals surface area contributed by atoms with Gasteiger partial charge in [0.15, 0.2) is 0 Å². The topological polar surface area (TPSA) is 32.3 Å². The second-order valence-corrected chi connectivity index (χ2v) is 7.17. The van der Waals surface area contributed by atoms with Crippen LogP contribution in [0.5, 0.6) is 0 Å². The smallest absolute Gasteiger partial charge is 0.362 e. The minimum atomic E-state index is -4.43. The van der Waals surface area contributed by atoms with Gasteiger partial charge in [0, 0.05) is 44.0 Å². The molecule has 0 spiro atoms. The van der Waals surface area contributed by atoms with Crippen LogP contribution in [0, 0.1) is 13.8 Å². The number of aryl methyl sites for hydroxylation is 2. The molecule has 1 saturated heterocycles. The van der Waals surface area contributed by atoms with Gasteiger partial charge in [-0.2, -0.15) is 13.2 Å². The normalized spacial score (nSPS) is 15.1. The maximum absolute atomic E-state index is 12.9. The number of nitrogens with zero attached hydrogens (tertiary/aromatic N) is 4. The minimum absolute atomic E-state index is 0.353. The van der Waals surface area contributed by atoms with Crippen LogP contribution in [0.3, 0.4) is 0 Å². The van der Waals surface area contributed by atoms with Crippen LogP contribution in [0.4, 0.5) is 19.0 Å². The first-order valence-corrected chi connectivity index (χ1v) is 9.14. The third kappa shape index (κ3) is 4.94. The first-order valence-electron chi connectivity index (χ1n) is 8.73.